The normalized spacial score (nSPS) is 19.1. The number of aryl methyl sites for hydroxylation is 1. The molecule has 0 radical (unpaired) electrons. The second kappa shape index (κ2) is 6.51. The molecule has 1 aliphatic heterocycles. The first-order valence-corrected chi connectivity index (χ1v) is 6.71. The number of carbonyl (C=O) groups is 2. The van der Waals surface area contributed by atoms with Crippen molar-refractivity contribution >= 4 is 11.9 Å². The van der Waals surface area contributed by atoms with Crippen molar-refractivity contribution in [2.75, 3.05) is 26.2 Å². The van der Waals surface area contributed by atoms with Crippen LogP contribution in [0.25, 0.3) is 0 Å². The van der Waals surface area contributed by atoms with Crippen LogP contribution >= 0.6 is 0 Å². The molecule has 110 valence electrons. The summed E-state index contributed by atoms with van der Waals surface area (Å²) in [6.07, 6.45) is 1.91. The molecular weight excluding hydrogens is 262 g/mol. The fourth-order valence-electron chi connectivity index (χ4n) is 2.42. The Labute approximate surface area is 116 Å². The number of piperidine rings is 1. The Morgan fingerprint density at radius 2 is 2.40 bits per heavy atom. The van der Waals surface area contributed by atoms with E-state index in [-0.39, 0.29) is 24.1 Å². The van der Waals surface area contributed by atoms with Gasteiger partial charge in [0.15, 0.2) is 0 Å². The van der Waals surface area contributed by atoms with Crippen LogP contribution in [0.1, 0.15) is 29.1 Å². The predicted octanol–water partition coefficient (Wildman–Crippen LogP) is 0.509. The van der Waals surface area contributed by atoms with Gasteiger partial charge in [0.05, 0.1) is 12.2 Å². The standard InChI is InChI=1S/C13H19N3O4/c1-9-5-11(20-15-9)13(19)16-4-2-3-10(8-16)6-14-7-12(17)18/h5,10,14H,2-4,6-8H2,1H3,(H,17,18). The fourth-order valence-corrected chi connectivity index (χ4v) is 2.42. The lowest BCUT2D eigenvalue weighted by Crippen LogP contribution is -2.43. The third-order valence-corrected chi connectivity index (χ3v) is 3.35. The molecule has 0 bridgehead atoms. The lowest BCUT2D eigenvalue weighted by atomic mass is 9.97. The average molecular weight is 281 g/mol. The third kappa shape index (κ3) is 3.80. The Hall–Kier alpha value is -1.89. The zero-order valence-electron chi connectivity index (χ0n) is 11.5. The van der Waals surface area contributed by atoms with Crippen LogP contribution in [-0.2, 0) is 4.79 Å². The van der Waals surface area contributed by atoms with E-state index in [9.17, 15) is 9.59 Å². The lowest BCUT2D eigenvalue weighted by molar-refractivity contribution is -0.136. The summed E-state index contributed by atoms with van der Waals surface area (Å²) >= 11 is 0. The summed E-state index contributed by atoms with van der Waals surface area (Å²) in [6.45, 7) is 3.64. The molecule has 1 saturated heterocycles. The minimum absolute atomic E-state index is 0.0499. The van der Waals surface area contributed by atoms with Gasteiger partial charge < -0.3 is 19.8 Å². The van der Waals surface area contributed by atoms with Gasteiger partial charge in [0.1, 0.15) is 0 Å². The number of rotatable bonds is 5. The van der Waals surface area contributed by atoms with Gasteiger partial charge in [-0.1, -0.05) is 5.16 Å². The van der Waals surface area contributed by atoms with Crippen molar-refractivity contribution in [1.82, 2.24) is 15.4 Å². The summed E-state index contributed by atoms with van der Waals surface area (Å²) in [6, 6.07) is 1.63. The van der Waals surface area contributed by atoms with Gasteiger partial charge >= 0.3 is 5.97 Å². The van der Waals surface area contributed by atoms with Crippen LogP contribution < -0.4 is 5.32 Å². The number of hydrogen-bond donors (Lipinski definition) is 2. The van der Waals surface area contributed by atoms with Crippen LogP contribution in [-0.4, -0.2) is 53.2 Å². The highest BCUT2D eigenvalue weighted by atomic mass is 16.5. The van der Waals surface area contributed by atoms with Gasteiger partial charge in [0, 0.05) is 25.7 Å². The van der Waals surface area contributed by atoms with Crippen molar-refractivity contribution in [3.8, 4) is 0 Å². The number of carbonyl (C=O) groups excluding carboxylic acids is 1. The lowest BCUT2D eigenvalue weighted by Gasteiger charge is -2.32. The second-order valence-electron chi connectivity index (χ2n) is 5.12. The summed E-state index contributed by atoms with van der Waals surface area (Å²) in [4.78, 5) is 24.4. The van der Waals surface area contributed by atoms with Crippen molar-refractivity contribution in [2.45, 2.75) is 19.8 Å². The van der Waals surface area contributed by atoms with Gasteiger partial charge in [0.25, 0.3) is 5.91 Å². The van der Waals surface area contributed by atoms with Gasteiger partial charge in [-0.05, 0) is 25.7 Å². The SMILES string of the molecule is Cc1cc(C(=O)N2CCCC(CNCC(=O)O)C2)on1. The summed E-state index contributed by atoms with van der Waals surface area (Å²) in [5.74, 6) is -0.475. The van der Waals surface area contributed by atoms with Gasteiger partial charge in [-0.25, -0.2) is 0 Å². The number of carboxylic acids is 1. The van der Waals surface area contributed by atoms with Crippen molar-refractivity contribution in [1.29, 1.82) is 0 Å². The number of nitrogens with zero attached hydrogens (tertiary/aromatic N) is 2. The Kier molecular flexibility index (Phi) is 4.73. The first kappa shape index (κ1) is 14.5. The number of amides is 1. The Morgan fingerprint density at radius 3 is 3.05 bits per heavy atom. The number of hydrogen-bond acceptors (Lipinski definition) is 5. The molecule has 0 aliphatic carbocycles. The summed E-state index contributed by atoms with van der Waals surface area (Å²) < 4.78 is 4.99. The van der Waals surface area contributed by atoms with Crippen LogP contribution in [0.2, 0.25) is 0 Å². The van der Waals surface area contributed by atoms with Gasteiger partial charge in [-0.15, -0.1) is 0 Å². The molecule has 1 aromatic heterocycles. The van der Waals surface area contributed by atoms with E-state index in [1.807, 2.05) is 0 Å². The molecular formula is C13H19N3O4. The predicted molar refractivity (Wildman–Crippen MR) is 70.4 cm³/mol. The molecule has 7 heteroatoms. The Balaban J connectivity index is 1.86. The van der Waals surface area contributed by atoms with E-state index in [4.69, 9.17) is 9.63 Å². The summed E-state index contributed by atoms with van der Waals surface area (Å²) in [5.41, 5.74) is 0.685. The van der Waals surface area contributed by atoms with Crippen molar-refractivity contribution < 1.29 is 19.2 Å². The third-order valence-electron chi connectivity index (χ3n) is 3.35. The molecule has 1 aliphatic rings. The van der Waals surface area contributed by atoms with E-state index in [0.717, 1.165) is 12.8 Å². The van der Waals surface area contributed by atoms with E-state index >= 15 is 0 Å². The zero-order chi connectivity index (χ0) is 14.5. The first-order chi connectivity index (χ1) is 9.56. The summed E-state index contributed by atoms with van der Waals surface area (Å²) in [5, 5.41) is 15.2. The maximum atomic E-state index is 12.2. The van der Waals surface area contributed by atoms with Crippen LogP contribution in [0.3, 0.4) is 0 Å². The molecule has 0 saturated carbocycles. The molecule has 2 heterocycles. The monoisotopic (exact) mass is 281 g/mol. The van der Waals surface area contributed by atoms with Gasteiger partial charge in [-0.3, -0.25) is 9.59 Å². The number of carboxylic acid groups (broad SMARTS) is 1. The van der Waals surface area contributed by atoms with Crippen LogP contribution in [0.5, 0.6) is 0 Å². The molecule has 2 rings (SSSR count). The largest absolute Gasteiger partial charge is 0.480 e. The van der Waals surface area contributed by atoms with Gasteiger partial charge in [-0.2, -0.15) is 0 Å². The fraction of sp³-hybridized carbons (Fsp3) is 0.615. The van der Waals surface area contributed by atoms with Crippen molar-refractivity contribution in [2.24, 2.45) is 5.92 Å². The molecule has 7 nitrogen and oxygen atoms in total. The maximum Gasteiger partial charge on any atom is 0.317 e. The highest BCUT2D eigenvalue weighted by Crippen LogP contribution is 2.18. The first-order valence-electron chi connectivity index (χ1n) is 6.71. The molecule has 1 atom stereocenters. The van der Waals surface area contributed by atoms with Gasteiger partial charge in [0.2, 0.25) is 5.76 Å². The topological polar surface area (TPSA) is 95.7 Å². The minimum atomic E-state index is -0.870. The molecule has 20 heavy (non-hydrogen) atoms. The minimum Gasteiger partial charge on any atom is -0.480 e. The highest BCUT2D eigenvalue weighted by Gasteiger charge is 2.26. The van der Waals surface area contributed by atoms with Crippen molar-refractivity contribution in [3.63, 3.8) is 0 Å². The number of likely N-dealkylation sites (tertiary alicyclic amines) is 1. The molecule has 1 aromatic rings. The maximum absolute atomic E-state index is 12.2. The molecule has 1 unspecified atom stereocenters. The Morgan fingerprint density at radius 1 is 1.60 bits per heavy atom. The van der Waals surface area contributed by atoms with Crippen LogP contribution in [0.4, 0.5) is 0 Å². The number of nitrogens with one attached hydrogen (secondary N) is 1. The van der Waals surface area contributed by atoms with E-state index < -0.39 is 5.97 Å². The van der Waals surface area contributed by atoms with Crippen LogP contribution in [0.15, 0.2) is 10.6 Å². The number of aromatic nitrogens is 1. The Bertz CT molecular complexity index is 486. The summed E-state index contributed by atoms with van der Waals surface area (Å²) in [7, 11) is 0. The van der Waals surface area contributed by atoms with Crippen molar-refractivity contribution in [3.05, 3.63) is 17.5 Å². The van der Waals surface area contributed by atoms with E-state index in [2.05, 4.69) is 10.5 Å². The molecule has 1 amide bonds. The van der Waals surface area contributed by atoms with Crippen LogP contribution in [0, 0.1) is 12.8 Å². The van der Waals surface area contributed by atoms with E-state index in [1.54, 1.807) is 17.9 Å². The van der Waals surface area contributed by atoms with E-state index in [0.29, 0.717) is 25.3 Å². The smallest absolute Gasteiger partial charge is 0.317 e. The molecule has 0 aromatic carbocycles. The molecule has 2 N–H and O–H groups in total. The van der Waals surface area contributed by atoms with E-state index in [1.165, 1.54) is 0 Å². The zero-order valence-corrected chi connectivity index (χ0v) is 11.5. The quantitative estimate of drug-likeness (QED) is 0.816. The molecule has 1 fully saturated rings. The second-order valence-corrected chi connectivity index (χ2v) is 5.12. The average Bonchev–Trinajstić information content (AvgIpc) is 2.84. The molecule has 0 spiro atoms. The highest BCUT2D eigenvalue weighted by molar-refractivity contribution is 5.91. The number of aliphatic carboxylic acids is 1.